The second-order valence-corrected chi connectivity index (χ2v) is 6.78. The smallest absolute Gasteiger partial charge is 0.379 e. The zero-order valence-electron chi connectivity index (χ0n) is 12.0. The monoisotopic (exact) mass is 352 g/mol. The number of halogens is 3. The number of carbonyl (C=O) groups is 1. The lowest BCUT2D eigenvalue weighted by molar-refractivity contribution is -0.123. The van der Waals surface area contributed by atoms with E-state index in [1.54, 1.807) is 5.32 Å². The Morgan fingerprint density at radius 3 is 2.52 bits per heavy atom. The van der Waals surface area contributed by atoms with Crippen LogP contribution < -0.4 is 5.32 Å². The quantitative estimate of drug-likeness (QED) is 0.877. The van der Waals surface area contributed by atoms with Gasteiger partial charge >= 0.3 is 6.18 Å². The van der Waals surface area contributed by atoms with Gasteiger partial charge in [-0.3, -0.25) is 4.79 Å². The van der Waals surface area contributed by atoms with E-state index in [-0.39, 0.29) is 36.8 Å². The summed E-state index contributed by atoms with van der Waals surface area (Å²) >= 11 is 0. The fraction of sp³-hybridized carbons (Fsp3) is 0.462. The maximum atomic E-state index is 12.4. The summed E-state index contributed by atoms with van der Waals surface area (Å²) in [5.41, 5.74) is -0.149. The highest BCUT2D eigenvalue weighted by atomic mass is 32.2. The van der Waals surface area contributed by atoms with Gasteiger partial charge < -0.3 is 10.1 Å². The van der Waals surface area contributed by atoms with E-state index in [2.05, 4.69) is 0 Å². The first-order chi connectivity index (χ1) is 10.7. The SMILES string of the molecule is O=C(NCC(F)(F)F)c1cccc(S(=O)(=O)N2CCOCC2)c1. The highest BCUT2D eigenvalue weighted by Gasteiger charge is 2.29. The van der Waals surface area contributed by atoms with Crippen LogP contribution in [0.15, 0.2) is 29.2 Å². The van der Waals surface area contributed by atoms with Crippen molar-refractivity contribution in [3.63, 3.8) is 0 Å². The molecule has 0 aromatic heterocycles. The molecule has 23 heavy (non-hydrogen) atoms. The number of carbonyl (C=O) groups excluding carboxylic acids is 1. The summed E-state index contributed by atoms with van der Waals surface area (Å²) in [6, 6.07) is 4.93. The summed E-state index contributed by atoms with van der Waals surface area (Å²) in [4.78, 5) is 11.6. The molecule has 1 aliphatic rings. The number of benzene rings is 1. The molecule has 1 saturated heterocycles. The van der Waals surface area contributed by atoms with E-state index in [4.69, 9.17) is 4.74 Å². The number of nitrogens with zero attached hydrogens (tertiary/aromatic N) is 1. The number of rotatable bonds is 4. The number of hydrogen-bond acceptors (Lipinski definition) is 4. The minimum absolute atomic E-state index is 0.140. The molecule has 1 heterocycles. The Kier molecular flexibility index (Phi) is 5.27. The Morgan fingerprint density at radius 2 is 1.91 bits per heavy atom. The zero-order chi connectivity index (χ0) is 17.1. The number of nitrogens with one attached hydrogen (secondary N) is 1. The minimum atomic E-state index is -4.53. The molecule has 10 heteroatoms. The van der Waals surface area contributed by atoms with E-state index in [1.165, 1.54) is 22.5 Å². The fourth-order valence-corrected chi connectivity index (χ4v) is 3.47. The van der Waals surface area contributed by atoms with Crippen LogP contribution in [0.25, 0.3) is 0 Å². The summed E-state index contributed by atoms with van der Waals surface area (Å²) in [5.74, 6) is -0.985. The first kappa shape index (κ1) is 17.7. The molecule has 0 saturated carbocycles. The topological polar surface area (TPSA) is 75.7 Å². The lowest BCUT2D eigenvalue weighted by Crippen LogP contribution is -2.40. The first-order valence-corrected chi connectivity index (χ1v) is 8.17. The molecule has 1 aromatic rings. The van der Waals surface area contributed by atoms with Gasteiger partial charge in [-0.2, -0.15) is 17.5 Å². The van der Waals surface area contributed by atoms with Gasteiger partial charge in [0.05, 0.1) is 18.1 Å². The molecule has 0 aliphatic carbocycles. The number of hydrogen-bond donors (Lipinski definition) is 1. The third kappa shape index (κ3) is 4.66. The van der Waals surface area contributed by atoms with E-state index < -0.39 is 28.7 Å². The van der Waals surface area contributed by atoms with Crippen LogP contribution in [-0.4, -0.2) is 57.7 Å². The maximum absolute atomic E-state index is 12.4. The standard InChI is InChI=1S/C13H15F3N2O4S/c14-13(15,16)9-17-12(19)10-2-1-3-11(8-10)23(20,21)18-4-6-22-7-5-18/h1-3,8H,4-7,9H2,(H,17,19). The Hall–Kier alpha value is -1.65. The molecule has 6 nitrogen and oxygen atoms in total. The Morgan fingerprint density at radius 1 is 1.26 bits per heavy atom. The summed E-state index contributed by atoms with van der Waals surface area (Å²) in [6.45, 7) is -0.568. The van der Waals surface area contributed by atoms with Gasteiger partial charge in [0.15, 0.2) is 0 Å². The van der Waals surface area contributed by atoms with Gasteiger partial charge in [0.25, 0.3) is 5.91 Å². The van der Waals surface area contributed by atoms with Crippen LogP contribution in [0.2, 0.25) is 0 Å². The predicted octanol–water partition coefficient (Wildman–Crippen LogP) is 1.000. The van der Waals surface area contributed by atoms with E-state index in [0.717, 1.165) is 6.07 Å². The van der Waals surface area contributed by atoms with E-state index in [1.807, 2.05) is 0 Å². The average Bonchev–Trinajstić information content (AvgIpc) is 2.53. The van der Waals surface area contributed by atoms with Crippen molar-refractivity contribution in [2.45, 2.75) is 11.1 Å². The number of alkyl halides is 3. The molecule has 0 unspecified atom stereocenters. The molecular formula is C13H15F3N2O4S. The molecule has 1 aromatic carbocycles. The normalized spacial score (nSPS) is 17.0. The maximum Gasteiger partial charge on any atom is 0.405 e. The molecule has 0 radical (unpaired) electrons. The van der Waals surface area contributed by atoms with Crippen LogP contribution in [0.1, 0.15) is 10.4 Å². The van der Waals surface area contributed by atoms with Crippen LogP contribution in [0.5, 0.6) is 0 Å². The second-order valence-electron chi connectivity index (χ2n) is 4.84. The van der Waals surface area contributed by atoms with Gasteiger partial charge in [-0.05, 0) is 18.2 Å². The molecule has 0 spiro atoms. The lowest BCUT2D eigenvalue weighted by Gasteiger charge is -2.26. The van der Waals surface area contributed by atoms with Gasteiger partial charge in [0.2, 0.25) is 10.0 Å². The molecule has 0 bridgehead atoms. The molecule has 128 valence electrons. The Balaban J connectivity index is 2.17. The summed E-state index contributed by atoms with van der Waals surface area (Å²) in [7, 11) is -3.81. The van der Waals surface area contributed by atoms with Crippen molar-refractivity contribution in [1.82, 2.24) is 9.62 Å². The van der Waals surface area contributed by atoms with Gasteiger partial charge in [0.1, 0.15) is 6.54 Å². The zero-order valence-corrected chi connectivity index (χ0v) is 12.8. The van der Waals surface area contributed by atoms with Crippen molar-refractivity contribution < 1.29 is 31.1 Å². The highest BCUT2D eigenvalue weighted by Crippen LogP contribution is 2.19. The van der Waals surface area contributed by atoms with Crippen molar-refractivity contribution in [2.75, 3.05) is 32.8 Å². The van der Waals surface area contributed by atoms with Crippen LogP contribution in [0, 0.1) is 0 Å². The molecule has 1 N–H and O–H groups in total. The third-order valence-corrected chi connectivity index (χ3v) is 5.05. The van der Waals surface area contributed by atoms with Crippen molar-refractivity contribution in [3.05, 3.63) is 29.8 Å². The van der Waals surface area contributed by atoms with Gasteiger partial charge in [-0.15, -0.1) is 0 Å². The van der Waals surface area contributed by atoms with E-state index in [9.17, 15) is 26.4 Å². The number of amides is 1. The molecule has 2 rings (SSSR count). The molecule has 1 amide bonds. The van der Waals surface area contributed by atoms with Crippen LogP contribution >= 0.6 is 0 Å². The fourth-order valence-electron chi connectivity index (χ4n) is 2.02. The van der Waals surface area contributed by atoms with Crippen molar-refractivity contribution in [2.24, 2.45) is 0 Å². The van der Waals surface area contributed by atoms with Crippen molar-refractivity contribution >= 4 is 15.9 Å². The largest absolute Gasteiger partial charge is 0.405 e. The van der Waals surface area contributed by atoms with Crippen molar-refractivity contribution in [3.8, 4) is 0 Å². The van der Waals surface area contributed by atoms with E-state index >= 15 is 0 Å². The Labute approximate surface area is 131 Å². The highest BCUT2D eigenvalue weighted by molar-refractivity contribution is 7.89. The first-order valence-electron chi connectivity index (χ1n) is 6.73. The molecule has 1 fully saturated rings. The number of ether oxygens (including phenoxy) is 1. The van der Waals surface area contributed by atoms with Gasteiger partial charge in [-0.25, -0.2) is 8.42 Å². The van der Waals surface area contributed by atoms with Gasteiger partial charge in [0, 0.05) is 18.7 Å². The van der Waals surface area contributed by atoms with E-state index in [0.29, 0.717) is 0 Å². The minimum Gasteiger partial charge on any atom is -0.379 e. The molecule has 0 atom stereocenters. The predicted molar refractivity (Wildman–Crippen MR) is 74.4 cm³/mol. The summed E-state index contributed by atoms with van der Waals surface area (Å²) in [5, 5.41) is 1.70. The summed E-state index contributed by atoms with van der Waals surface area (Å²) in [6.07, 6.45) is -4.53. The number of morpholine rings is 1. The molecular weight excluding hydrogens is 337 g/mol. The van der Waals surface area contributed by atoms with Crippen LogP contribution in [0.3, 0.4) is 0 Å². The van der Waals surface area contributed by atoms with Crippen molar-refractivity contribution in [1.29, 1.82) is 0 Å². The van der Waals surface area contributed by atoms with Gasteiger partial charge in [-0.1, -0.05) is 6.07 Å². The second kappa shape index (κ2) is 6.85. The van der Waals surface area contributed by atoms with Crippen LogP contribution in [-0.2, 0) is 14.8 Å². The lowest BCUT2D eigenvalue weighted by atomic mass is 10.2. The average molecular weight is 352 g/mol. The summed E-state index contributed by atoms with van der Waals surface area (Å²) < 4.78 is 67.5. The third-order valence-electron chi connectivity index (χ3n) is 3.15. The van der Waals surface area contributed by atoms with Crippen LogP contribution in [0.4, 0.5) is 13.2 Å². The number of sulfonamides is 1. The molecule has 1 aliphatic heterocycles. The Bertz CT molecular complexity index is 670.